The van der Waals surface area contributed by atoms with Crippen molar-refractivity contribution in [3.8, 4) is 0 Å². The molecule has 0 saturated heterocycles. The van der Waals surface area contributed by atoms with E-state index in [4.69, 9.17) is 11.5 Å². The van der Waals surface area contributed by atoms with Crippen molar-refractivity contribution in [1.82, 2.24) is 9.97 Å². The zero-order chi connectivity index (χ0) is 23.5. The maximum Gasteiger partial charge on any atom is 0.248 e. The minimum Gasteiger partial charge on any atom is -0.369 e. The van der Waals surface area contributed by atoms with Gasteiger partial charge >= 0.3 is 0 Å². The average molecular weight is 467 g/mol. The summed E-state index contributed by atoms with van der Waals surface area (Å²) in [6.45, 7) is 0. The van der Waals surface area contributed by atoms with E-state index in [2.05, 4.69) is 9.97 Å². The highest BCUT2D eigenvalue weighted by Gasteiger charge is 2.54. The summed E-state index contributed by atoms with van der Waals surface area (Å²) in [7, 11) is 0. The van der Waals surface area contributed by atoms with Crippen LogP contribution in [-0.4, -0.2) is 27.7 Å². The molecular weight excluding hydrogens is 436 g/mol. The van der Waals surface area contributed by atoms with Crippen LogP contribution in [0, 0.1) is 23.7 Å². The minimum absolute atomic E-state index is 0.101. The third-order valence-electron chi connectivity index (χ3n) is 7.89. The first-order valence-corrected chi connectivity index (χ1v) is 11.8. The number of hydrogen-bond donors (Lipinski definition) is 3. The summed E-state index contributed by atoms with van der Waals surface area (Å²) >= 11 is 0. The van der Waals surface area contributed by atoms with E-state index in [9.17, 15) is 22.4 Å². The van der Waals surface area contributed by atoms with Crippen LogP contribution in [0.4, 0.5) is 17.6 Å². The molecule has 3 saturated carbocycles. The van der Waals surface area contributed by atoms with Gasteiger partial charge in [-0.2, -0.15) is 0 Å². The smallest absolute Gasteiger partial charge is 0.248 e. The molecule has 0 radical (unpaired) electrons. The summed E-state index contributed by atoms with van der Waals surface area (Å²) in [6.07, 6.45) is 1.99. The predicted octanol–water partition coefficient (Wildman–Crippen LogP) is 5.03. The van der Waals surface area contributed by atoms with Gasteiger partial charge in [0.2, 0.25) is 17.8 Å². The number of carbonyl (C=O) groups excluding carboxylic acids is 1. The molecule has 180 valence electrons. The lowest BCUT2D eigenvalue weighted by molar-refractivity contribution is -0.146. The molecule has 0 spiro atoms. The Kier molecular flexibility index (Phi) is 5.46. The van der Waals surface area contributed by atoms with E-state index < -0.39 is 35.6 Å². The number of halogens is 4. The number of hydrogen-bond acceptors (Lipinski definition) is 3. The van der Waals surface area contributed by atoms with Crippen LogP contribution < -0.4 is 11.5 Å². The molecule has 3 aliphatic rings. The molecular formula is C24H30F4N4O. The Morgan fingerprint density at radius 3 is 2.33 bits per heavy atom. The number of nitrogens with one attached hydrogen (secondary N) is 1. The Bertz CT molecular complexity index is 1040. The topological polar surface area (TPSA) is 97.8 Å². The average Bonchev–Trinajstić information content (AvgIpc) is 3.45. The first-order chi connectivity index (χ1) is 15.5. The number of benzene rings is 1. The summed E-state index contributed by atoms with van der Waals surface area (Å²) < 4.78 is 54.9. The SMILES string of the molecule is NC(=O)C(C1CC(F)(F)C1)[C@H](c1ccc2nc([C@@H](N)[C@H]3CCCC(F)(F)C3)[nH]c2c1)C1CC1. The van der Waals surface area contributed by atoms with Gasteiger partial charge in [-0.3, -0.25) is 4.79 Å². The number of nitrogens with two attached hydrogens (primary N) is 2. The van der Waals surface area contributed by atoms with Crippen molar-refractivity contribution in [3.63, 3.8) is 0 Å². The highest BCUT2D eigenvalue weighted by molar-refractivity contribution is 5.80. The standard InChI is InChI=1S/C24H30F4N4O/c25-23(26)7-1-2-14(9-23)20(29)22-31-16-6-5-13(8-17(16)32-22)18(12-3-4-12)19(21(30)33)15-10-24(27,28)11-15/h5-6,8,12,14-15,18-20H,1-4,7,9-11,29H2,(H2,30,33)(H,31,32)/t14-,18-,19?,20-/m0/s1. The molecule has 2 aromatic rings. The van der Waals surface area contributed by atoms with E-state index in [1.165, 1.54) is 0 Å². The zero-order valence-electron chi connectivity index (χ0n) is 18.4. The quantitative estimate of drug-likeness (QED) is 0.499. The Labute approximate surface area is 189 Å². The molecule has 5 N–H and O–H groups in total. The summed E-state index contributed by atoms with van der Waals surface area (Å²) in [6, 6.07) is 4.96. The van der Waals surface area contributed by atoms with Crippen molar-refractivity contribution >= 4 is 16.9 Å². The first-order valence-electron chi connectivity index (χ1n) is 11.8. The number of nitrogens with zero attached hydrogens (tertiary/aromatic N) is 1. The van der Waals surface area contributed by atoms with Gasteiger partial charge < -0.3 is 16.5 Å². The number of carbonyl (C=O) groups is 1. The van der Waals surface area contributed by atoms with E-state index >= 15 is 0 Å². The van der Waals surface area contributed by atoms with Crippen molar-refractivity contribution in [1.29, 1.82) is 0 Å². The summed E-state index contributed by atoms with van der Waals surface area (Å²) in [5.41, 5.74) is 14.3. The Balaban J connectivity index is 1.42. The van der Waals surface area contributed by atoms with Gasteiger partial charge in [-0.15, -0.1) is 0 Å². The monoisotopic (exact) mass is 466 g/mol. The molecule has 1 amide bonds. The second-order valence-electron chi connectivity index (χ2n) is 10.5. The number of imidazole rings is 1. The fourth-order valence-electron chi connectivity index (χ4n) is 6.04. The van der Waals surface area contributed by atoms with Crippen LogP contribution in [0.3, 0.4) is 0 Å². The van der Waals surface area contributed by atoms with Crippen molar-refractivity contribution in [2.45, 2.75) is 75.2 Å². The van der Waals surface area contributed by atoms with Crippen LogP contribution in [0.1, 0.15) is 74.7 Å². The number of aromatic nitrogens is 2. The number of H-pyrrole nitrogens is 1. The molecule has 9 heteroatoms. The number of primary amides is 1. The second-order valence-corrected chi connectivity index (χ2v) is 10.5. The molecule has 0 bridgehead atoms. The lowest BCUT2D eigenvalue weighted by Gasteiger charge is -2.42. The van der Waals surface area contributed by atoms with Gasteiger partial charge in [0.1, 0.15) is 5.82 Å². The molecule has 3 aliphatic carbocycles. The largest absolute Gasteiger partial charge is 0.369 e. The minimum atomic E-state index is -2.72. The molecule has 4 atom stereocenters. The fraction of sp³-hybridized carbons (Fsp3) is 0.667. The van der Waals surface area contributed by atoms with Crippen LogP contribution in [0.15, 0.2) is 18.2 Å². The third-order valence-corrected chi connectivity index (χ3v) is 7.89. The van der Waals surface area contributed by atoms with Gasteiger partial charge in [-0.1, -0.05) is 6.07 Å². The summed E-state index contributed by atoms with van der Waals surface area (Å²) in [5.74, 6) is -6.86. The predicted molar refractivity (Wildman–Crippen MR) is 116 cm³/mol. The number of rotatable bonds is 7. The lowest BCUT2D eigenvalue weighted by Crippen LogP contribution is -2.46. The van der Waals surface area contributed by atoms with E-state index in [0.717, 1.165) is 18.4 Å². The maximum absolute atomic E-state index is 13.9. The van der Waals surface area contributed by atoms with Crippen molar-refractivity contribution < 1.29 is 22.4 Å². The van der Waals surface area contributed by atoms with Gasteiger partial charge in [0.05, 0.1) is 17.1 Å². The first kappa shape index (κ1) is 22.6. The lowest BCUT2D eigenvalue weighted by atomic mass is 9.65. The number of alkyl halides is 4. The van der Waals surface area contributed by atoms with Gasteiger partial charge in [0.25, 0.3) is 0 Å². The van der Waals surface area contributed by atoms with E-state index in [0.29, 0.717) is 29.7 Å². The molecule has 3 fully saturated rings. The zero-order valence-corrected chi connectivity index (χ0v) is 18.4. The van der Waals surface area contributed by atoms with E-state index in [-0.39, 0.29) is 43.4 Å². The van der Waals surface area contributed by atoms with Crippen molar-refractivity contribution in [2.24, 2.45) is 35.1 Å². The number of amides is 1. The summed E-state index contributed by atoms with van der Waals surface area (Å²) in [4.78, 5) is 20.1. The Morgan fingerprint density at radius 1 is 1.03 bits per heavy atom. The molecule has 0 aliphatic heterocycles. The van der Waals surface area contributed by atoms with E-state index in [1.54, 1.807) is 0 Å². The van der Waals surface area contributed by atoms with Gasteiger partial charge in [-0.05, 0) is 67.1 Å². The molecule has 33 heavy (non-hydrogen) atoms. The highest BCUT2D eigenvalue weighted by atomic mass is 19.3. The van der Waals surface area contributed by atoms with Crippen LogP contribution in [0.5, 0.6) is 0 Å². The molecule has 5 nitrogen and oxygen atoms in total. The van der Waals surface area contributed by atoms with Crippen LogP contribution in [0.2, 0.25) is 0 Å². The molecule has 5 rings (SSSR count). The number of fused-ring (bicyclic) bond motifs is 1. The van der Waals surface area contributed by atoms with Crippen LogP contribution in [-0.2, 0) is 4.79 Å². The van der Waals surface area contributed by atoms with Crippen LogP contribution in [0.25, 0.3) is 11.0 Å². The van der Waals surface area contributed by atoms with Crippen molar-refractivity contribution in [2.75, 3.05) is 0 Å². The normalized spacial score (nSPS) is 27.6. The Morgan fingerprint density at radius 2 is 1.73 bits per heavy atom. The molecule has 1 heterocycles. The Hall–Kier alpha value is -2.16. The second kappa shape index (κ2) is 7.96. The van der Waals surface area contributed by atoms with Gasteiger partial charge in [0, 0.05) is 31.6 Å². The van der Waals surface area contributed by atoms with Crippen molar-refractivity contribution in [3.05, 3.63) is 29.6 Å². The summed E-state index contributed by atoms with van der Waals surface area (Å²) in [5, 5.41) is 0. The molecule has 1 aromatic carbocycles. The third kappa shape index (κ3) is 4.48. The number of aromatic amines is 1. The van der Waals surface area contributed by atoms with Crippen LogP contribution >= 0.6 is 0 Å². The highest BCUT2D eigenvalue weighted by Crippen LogP contribution is 2.55. The fourth-order valence-corrected chi connectivity index (χ4v) is 6.04. The van der Waals surface area contributed by atoms with E-state index in [1.807, 2.05) is 18.2 Å². The molecule has 1 aromatic heterocycles. The molecule has 1 unspecified atom stereocenters. The van der Waals surface area contributed by atoms with Gasteiger partial charge in [-0.25, -0.2) is 22.5 Å². The van der Waals surface area contributed by atoms with Gasteiger partial charge in [0.15, 0.2) is 0 Å². The maximum atomic E-state index is 13.9.